The molecule has 0 bridgehead atoms. The summed E-state index contributed by atoms with van der Waals surface area (Å²) in [4.78, 5) is 30.8. The molecule has 0 aromatic carbocycles. The Bertz CT molecular complexity index is 957. The summed E-state index contributed by atoms with van der Waals surface area (Å²) in [5.41, 5.74) is 0.410. The molecule has 2 aliphatic rings. The zero-order valence-electron chi connectivity index (χ0n) is 22.1. The number of aliphatic hydroxyl groups excluding tert-OH is 2. The number of fused-ring (bicyclic) bond motifs is 1. The van der Waals surface area contributed by atoms with Crippen LogP contribution in [0.4, 0.5) is 0 Å². The predicted molar refractivity (Wildman–Crippen MR) is 138 cm³/mol. The van der Waals surface area contributed by atoms with Crippen LogP contribution in [0.3, 0.4) is 0 Å². The van der Waals surface area contributed by atoms with Gasteiger partial charge in [-0.15, -0.1) is 11.3 Å². The molecule has 7 nitrogen and oxygen atoms in total. The lowest BCUT2D eigenvalue weighted by atomic mass is 9.72. The molecule has 3 rings (SSSR count). The Morgan fingerprint density at radius 2 is 1.94 bits per heavy atom. The lowest BCUT2D eigenvalue weighted by molar-refractivity contribution is -0.143. The van der Waals surface area contributed by atoms with Gasteiger partial charge >= 0.3 is 0 Å². The Labute approximate surface area is 213 Å². The first-order chi connectivity index (χ1) is 16.2. The van der Waals surface area contributed by atoms with E-state index in [0.717, 1.165) is 35.5 Å². The SMILES string of the molecule is CC(=Cc1csc(C)n1)[C@@H]1C[C@@H]2O[C@@]2(C)CCC[C@H](C)[C@H](O)[C@@H](C)C(=O)C(C)(C)[C@@H](O)CC(=O)N1. The van der Waals surface area contributed by atoms with Crippen LogP contribution in [0.25, 0.3) is 6.08 Å². The molecule has 35 heavy (non-hydrogen) atoms. The number of hydrogen-bond acceptors (Lipinski definition) is 7. The number of aromatic nitrogens is 1. The molecule has 1 aromatic rings. The summed E-state index contributed by atoms with van der Waals surface area (Å²) in [7, 11) is 0. The molecule has 196 valence electrons. The van der Waals surface area contributed by atoms with E-state index in [2.05, 4.69) is 17.2 Å². The molecule has 1 aromatic heterocycles. The molecular formula is C27H42N2O5S. The van der Waals surface area contributed by atoms with E-state index in [0.29, 0.717) is 6.42 Å². The van der Waals surface area contributed by atoms with E-state index < -0.39 is 23.5 Å². The monoisotopic (exact) mass is 506 g/mol. The van der Waals surface area contributed by atoms with Gasteiger partial charge in [-0.25, -0.2) is 4.98 Å². The Hall–Kier alpha value is -1.61. The highest BCUT2D eigenvalue weighted by Crippen LogP contribution is 2.44. The smallest absolute Gasteiger partial charge is 0.223 e. The van der Waals surface area contributed by atoms with Crippen molar-refractivity contribution in [1.82, 2.24) is 10.3 Å². The normalized spacial score (nSPS) is 37.5. The van der Waals surface area contributed by atoms with Crippen LogP contribution < -0.4 is 5.32 Å². The third-order valence-corrected chi connectivity index (χ3v) is 8.86. The molecule has 3 N–H and O–H groups in total. The molecule has 7 atom stereocenters. The molecule has 0 radical (unpaired) electrons. The number of rotatable bonds is 2. The van der Waals surface area contributed by atoms with Crippen molar-refractivity contribution in [2.75, 3.05) is 0 Å². The summed E-state index contributed by atoms with van der Waals surface area (Å²) < 4.78 is 6.10. The highest BCUT2D eigenvalue weighted by Gasteiger charge is 2.52. The average Bonchev–Trinajstić information content (AvgIpc) is 3.22. The molecule has 0 spiro atoms. The van der Waals surface area contributed by atoms with Crippen LogP contribution in [-0.4, -0.2) is 56.8 Å². The van der Waals surface area contributed by atoms with E-state index in [9.17, 15) is 19.8 Å². The van der Waals surface area contributed by atoms with Crippen molar-refractivity contribution in [3.05, 3.63) is 21.7 Å². The number of aryl methyl sites for hydroxylation is 1. The van der Waals surface area contributed by atoms with Crippen molar-refractivity contribution in [2.45, 2.75) is 111 Å². The first-order valence-corrected chi connectivity index (χ1v) is 13.6. The van der Waals surface area contributed by atoms with Gasteiger partial charge in [-0.05, 0) is 51.2 Å². The molecule has 0 unspecified atom stereocenters. The number of hydrogen-bond donors (Lipinski definition) is 3. The summed E-state index contributed by atoms with van der Waals surface area (Å²) in [5, 5.41) is 27.8. The lowest BCUT2D eigenvalue weighted by Crippen LogP contribution is -2.47. The number of amides is 1. The van der Waals surface area contributed by atoms with Gasteiger partial charge in [0.2, 0.25) is 5.91 Å². The van der Waals surface area contributed by atoms with Gasteiger partial charge in [0, 0.05) is 17.7 Å². The summed E-state index contributed by atoms with van der Waals surface area (Å²) >= 11 is 1.58. The van der Waals surface area contributed by atoms with Crippen LogP contribution in [0.2, 0.25) is 0 Å². The van der Waals surface area contributed by atoms with Gasteiger partial charge < -0.3 is 20.3 Å². The second-order valence-corrected chi connectivity index (χ2v) is 12.5. The number of Topliss-reactive ketones (excluding diaryl/α,β-unsaturated/α-hetero) is 1. The maximum absolute atomic E-state index is 13.2. The summed E-state index contributed by atoms with van der Waals surface area (Å²) in [6.07, 6.45) is 2.99. The minimum absolute atomic E-state index is 0.0170. The minimum Gasteiger partial charge on any atom is -0.392 e. The fourth-order valence-corrected chi connectivity index (χ4v) is 5.76. The minimum atomic E-state index is -1.17. The fraction of sp³-hybridized carbons (Fsp3) is 0.741. The first-order valence-electron chi connectivity index (χ1n) is 12.7. The van der Waals surface area contributed by atoms with E-state index in [1.54, 1.807) is 32.1 Å². The number of aliphatic hydroxyl groups is 2. The highest BCUT2D eigenvalue weighted by molar-refractivity contribution is 7.09. The van der Waals surface area contributed by atoms with E-state index in [-0.39, 0.29) is 41.8 Å². The second kappa shape index (κ2) is 10.8. The number of ether oxygens (including phenoxy) is 1. The maximum atomic E-state index is 13.2. The van der Waals surface area contributed by atoms with E-state index in [4.69, 9.17) is 4.74 Å². The Morgan fingerprint density at radius 1 is 1.26 bits per heavy atom. The molecule has 3 heterocycles. The van der Waals surface area contributed by atoms with E-state index in [1.807, 2.05) is 32.2 Å². The van der Waals surface area contributed by atoms with Crippen molar-refractivity contribution in [2.24, 2.45) is 17.3 Å². The third kappa shape index (κ3) is 6.59. The van der Waals surface area contributed by atoms with Crippen molar-refractivity contribution in [3.63, 3.8) is 0 Å². The molecule has 2 fully saturated rings. The van der Waals surface area contributed by atoms with E-state index >= 15 is 0 Å². The van der Waals surface area contributed by atoms with Crippen LogP contribution in [-0.2, 0) is 14.3 Å². The quantitative estimate of drug-likeness (QED) is 0.522. The van der Waals surface area contributed by atoms with Crippen LogP contribution in [0.15, 0.2) is 11.0 Å². The van der Waals surface area contributed by atoms with Gasteiger partial charge in [-0.1, -0.05) is 34.1 Å². The number of epoxide rings is 1. The molecule has 2 aliphatic heterocycles. The van der Waals surface area contributed by atoms with Gasteiger partial charge in [-0.3, -0.25) is 9.59 Å². The predicted octanol–water partition coefficient (Wildman–Crippen LogP) is 4.05. The van der Waals surface area contributed by atoms with Crippen molar-refractivity contribution in [3.8, 4) is 0 Å². The molecule has 8 heteroatoms. The van der Waals surface area contributed by atoms with Crippen molar-refractivity contribution < 1.29 is 24.5 Å². The topological polar surface area (TPSA) is 112 Å². The molecule has 2 saturated heterocycles. The summed E-state index contributed by atoms with van der Waals surface area (Å²) in [6.45, 7) is 13.0. The molecule has 0 saturated carbocycles. The van der Waals surface area contributed by atoms with Crippen LogP contribution in [0.1, 0.15) is 84.3 Å². The summed E-state index contributed by atoms with van der Waals surface area (Å²) in [5.74, 6) is -1.24. The summed E-state index contributed by atoms with van der Waals surface area (Å²) in [6, 6.07) is -0.269. The standard InChI is InChI=1S/C27H42N2O5S/c1-15-9-8-10-27(7)22(34-27)12-20(16(2)11-19-14-35-18(4)28-19)29-23(31)13-21(30)26(5,6)25(33)17(3)24(15)32/h11,14-15,17,20-22,24,30,32H,8-10,12-13H2,1-7H3,(H,29,31)/t15-,17+,20-,21-,22-,24-,27-/m0/s1. The van der Waals surface area contributed by atoms with Crippen LogP contribution >= 0.6 is 11.3 Å². The number of nitrogens with zero attached hydrogens (tertiary/aromatic N) is 1. The number of carbonyl (C=O) groups excluding carboxylic acids is 2. The molecular weight excluding hydrogens is 464 g/mol. The number of thiazole rings is 1. The maximum Gasteiger partial charge on any atom is 0.223 e. The van der Waals surface area contributed by atoms with Gasteiger partial charge in [0.1, 0.15) is 5.78 Å². The third-order valence-electron chi connectivity index (χ3n) is 8.07. The lowest BCUT2D eigenvalue weighted by Gasteiger charge is -2.34. The zero-order valence-corrected chi connectivity index (χ0v) is 22.9. The molecule has 1 amide bonds. The average molecular weight is 507 g/mol. The van der Waals surface area contributed by atoms with Gasteiger partial charge in [0.15, 0.2) is 0 Å². The Kier molecular flexibility index (Phi) is 8.62. The second-order valence-electron chi connectivity index (χ2n) is 11.4. The number of ketones is 1. The van der Waals surface area contributed by atoms with Gasteiger partial charge in [0.05, 0.1) is 52.5 Å². The van der Waals surface area contributed by atoms with Crippen molar-refractivity contribution in [1.29, 1.82) is 0 Å². The van der Waals surface area contributed by atoms with Crippen LogP contribution in [0, 0.1) is 24.2 Å². The fourth-order valence-electron chi connectivity index (χ4n) is 5.19. The molecule has 0 aliphatic carbocycles. The largest absolute Gasteiger partial charge is 0.392 e. The Morgan fingerprint density at radius 3 is 2.57 bits per heavy atom. The van der Waals surface area contributed by atoms with Gasteiger partial charge in [0.25, 0.3) is 0 Å². The zero-order chi connectivity index (χ0) is 26.1. The number of nitrogens with one attached hydrogen (secondary N) is 1. The van der Waals surface area contributed by atoms with Gasteiger partial charge in [-0.2, -0.15) is 0 Å². The first kappa shape index (κ1) is 28.0. The Balaban J connectivity index is 1.85. The highest BCUT2D eigenvalue weighted by atomic mass is 32.1. The van der Waals surface area contributed by atoms with Crippen molar-refractivity contribution >= 4 is 29.1 Å². The van der Waals surface area contributed by atoms with E-state index in [1.165, 1.54) is 0 Å². The number of carbonyl (C=O) groups is 2. The van der Waals surface area contributed by atoms with Crippen LogP contribution in [0.5, 0.6) is 0 Å².